The fourth-order valence-corrected chi connectivity index (χ4v) is 6.20. The van der Waals surface area contributed by atoms with Gasteiger partial charge in [-0.15, -0.1) is 5.53 Å². The van der Waals surface area contributed by atoms with Gasteiger partial charge in [0.05, 0.1) is 51.1 Å². The van der Waals surface area contributed by atoms with Gasteiger partial charge < -0.3 is 16.1 Å². The maximum atomic E-state index is 13.7. The third-order valence-electron chi connectivity index (χ3n) is 6.68. The van der Waals surface area contributed by atoms with E-state index in [0.29, 0.717) is 38.9 Å². The molecule has 1 aliphatic carbocycles. The number of sulfone groups is 1. The number of anilines is 2. The van der Waals surface area contributed by atoms with Crippen LogP contribution in [0, 0.1) is 17.1 Å². The molecule has 190 valence electrons. The van der Waals surface area contributed by atoms with Gasteiger partial charge in [0.15, 0.2) is 9.84 Å². The van der Waals surface area contributed by atoms with Crippen LogP contribution in [0.1, 0.15) is 30.0 Å². The summed E-state index contributed by atoms with van der Waals surface area (Å²) in [6, 6.07) is 11.8. The van der Waals surface area contributed by atoms with Crippen LogP contribution < -0.4 is 21.6 Å². The maximum absolute atomic E-state index is 13.7. The monoisotopic (exact) mass is 539 g/mol. The first-order valence-electron chi connectivity index (χ1n) is 11.8. The van der Waals surface area contributed by atoms with Crippen LogP contribution >= 0.6 is 11.6 Å². The van der Waals surface area contributed by atoms with Crippen LogP contribution in [0.4, 0.5) is 15.8 Å². The number of benzene rings is 2. The molecule has 0 spiro atoms. The Balaban J connectivity index is 1.39. The van der Waals surface area contributed by atoms with Crippen molar-refractivity contribution in [3.63, 3.8) is 0 Å². The first-order valence-corrected chi connectivity index (χ1v) is 14.0. The maximum Gasteiger partial charge on any atom is 0.154 e. The number of rotatable bonds is 7. The van der Waals surface area contributed by atoms with Crippen molar-refractivity contribution < 1.29 is 12.8 Å². The van der Waals surface area contributed by atoms with E-state index in [4.69, 9.17) is 11.6 Å². The van der Waals surface area contributed by atoms with Crippen molar-refractivity contribution in [2.45, 2.75) is 31.0 Å². The molecule has 0 bridgehead atoms. The lowest BCUT2D eigenvalue weighted by Gasteiger charge is -2.28. The van der Waals surface area contributed by atoms with Crippen LogP contribution in [-0.2, 0) is 9.84 Å². The zero-order chi connectivity index (χ0) is 25.7. The highest BCUT2D eigenvalue weighted by molar-refractivity contribution is 7.92. The minimum absolute atomic E-state index is 0.00428. The van der Waals surface area contributed by atoms with Crippen molar-refractivity contribution in [2.24, 2.45) is 0 Å². The summed E-state index contributed by atoms with van der Waals surface area (Å²) in [4.78, 5) is 4.37. The van der Waals surface area contributed by atoms with E-state index < -0.39 is 9.84 Å². The predicted octanol–water partition coefficient (Wildman–Crippen LogP) is 3.59. The number of hydrazine groups is 2. The lowest BCUT2D eigenvalue weighted by Crippen LogP contribution is -2.46. The summed E-state index contributed by atoms with van der Waals surface area (Å²) in [5.41, 5.74) is 10.00. The van der Waals surface area contributed by atoms with Gasteiger partial charge >= 0.3 is 0 Å². The Hall–Kier alpha value is -3.59. The van der Waals surface area contributed by atoms with Crippen molar-refractivity contribution in [2.75, 3.05) is 22.1 Å². The molecule has 1 unspecified atom stereocenters. The van der Waals surface area contributed by atoms with E-state index >= 15 is 0 Å². The molecule has 3 aromatic rings. The van der Waals surface area contributed by atoms with Crippen molar-refractivity contribution in [3.8, 4) is 6.07 Å². The van der Waals surface area contributed by atoms with Crippen LogP contribution in [0.5, 0.6) is 0 Å². The van der Waals surface area contributed by atoms with Crippen LogP contribution in [0.25, 0.3) is 10.9 Å². The van der Waals surface area contributed by atoms with Gasteiger partial charge in [0, 0.05) is 29.5 Å². The molecular weight excluding hydrogens is 517 g/mol. The molecule has 12 heteroatoms. The highest BCUT2D eigenvalue weighted by Crippen LogP contribution is 2.37. The number of nitrogens with one attached hydrogen (secondary N) is 4. The Morgan fingerprint density at radius 2 is 1.97 bits per heavy atom. The van der Waals surface area contributed by atoms with Gasteiger partial charge in [0.2, 0.25) is 0 Å². The number of fused-ring (bicyclic) bond motifs is 1. The first-order chi connectivity index (χ1) is 17.8. The van der Waals surface area contributed by atoms with Crippen molar-refractivity contribution in [3.05, 3.63) is 76.5 Å². The molecule has 4 N–H and O–H groups in total. The van der Waals surface area contributed by atoms with Gasteiger partial charge in [0.1, 0.15) is 11.9 Å². The molecule has 3 heterocycles. The minimum atomic E-state index is -3.05. The number of aromatic nitrogens is 1. The van der Waals surface area contributed by atoms with E-state index in [1.54, 1.807) is 18.2 Å². The van der Waals surface area contributed by atoms with Gasteiger partial charge in [-0.05, 0) is 42.7 Å². The summed E-state index contributed by atoms with van der Waals surface area (Å²) in [6.45, 7) is 0. The van der Waals surface area contributed by atoms with Crippen LogP contribution in [0.15, 0.2) is 54.5 Å². The standard InChI is InChI=1S/C25H23ClFN7O2S/c26-21-8-17(7-20-23(15(9-28)10-29-25(20)21)31-18-12-37(35,36)13-18)30-24(14-1-3-16(27)4-2-14)22-11-34(33-32-22)19-5-6-19/h1-4,7-8,10-11,18-19,24,30,32-33H,5-6,12-13H2,(H,29,31). The Morgan fingerprint density at radius 3 is 2.65 bits per heavy atom. The number of hydrogen-bond donors (Lipinski definition) is 4. The predicted molar refractivity (Wildman–Crippen MR) is 140 cm³/mol. The lowest BCUT2D eigenvalue weighted by atomic mass is 10.0. The third kappa shape index (κ3) is 4.75. The highest BCUT2D eigenvalue weighted by atomic mass is 35.5. The Kier molecular flexibility index (Phi) is 5.82. The second-order valence-electron chi connectivity index (χ2n) is 9.52. The number of nitrogens with zero attached hydrogens (tertiary/aromatic N) is 3. The molecule has 0 radical (unpaired) electrons. The largest absolute Gasteiger partial charge is 0.379 e. The van der Waals surface area contributed by atoms with E-state index in [2.05, 4.69) is 32.6 Å². The molecular formula is C25H23ClFN7O2S. The summed E-state index contributed by atoms with van der Waals surface area (Å²) in [7, 11) is -3.05. The molecule has 37 heavy (non-hydrogen) atoms. The van der Waals surface area contributed by atoms with E-state index in [9.17, 15) is 18.1 Å². The van der Waals surface area contributed by atoms with Crippen molar-refractivity contribution >= 4 is 43.7 Å². The Morgan fingerprint density at radius 1 is 1.22 bits per heavy atom. The summed E-state index contributed by atoms with van der Waals surface area (Å²) >= 11 is 6.63. The molecule has 1 aromatic heterocycles. The molecule has 2 aromatic carbocycles. The van der Waals surface area contributed by atoms with E-state index in [1.165, 1.54) is 18.3 Å². The summed E-state index contributed by atoms with van der Waals surface area (Å²) in [5, 5.41) is 19.4. The first kappa shape index (κ1) is 23.8. The summed E-state index contributed by atoms with van der Waals surface area (Å²) < 4.78 is 37.1. The molecule has 6 rings (SSSR count). The van der Waals surface area contributed by atoms with Gasteiger partial charge in [-0.1, -0.05) is 23.7 Å². The van der Waals surface area contributed by atoms with Crippen LogP contribution in [-0.4, -0.2) is 42.0 Å². The second-order valence-corrected chi connectivity index (χ2v) is 12.1. The number of halogens is 2. The fraction of sp³-hybridized carbons (Fsp3) is 0.280. The lowest BCUT2D eigenvalue weighted by molar-refractivity contribution is 0.260. The SMILES string of the molecule is N#Cc1cnc2c(Cl)cc(NC(C3=CN(C4CC4)NN3)c3ccc(F)cc3)cc2c1NC1CS(=O)(=O)C1. The average molecular weight is 540 g/mol. The summed E-state index contributed by atoms with van der Waals surface area (Å²) in [5.74, 6) is -0.319. The normalized spacial score (nSPS) is 19.5. The number of hydrogen-bond acceptors (Lipinski definition) is 9. The van der Waals surface area contributed by atoms with Gasteiger partial charge in [0.25, 0.3) is 0 Å². The third-order valence-corrected chi connectivity index (χ3v) is 8.79. The van der Waals surface area contributed by atoms with Crippen LogP contribution in [0.2, 0.25) is 5.02 Å². The fourth-order valence-electron chi connectivity index (χ4n) is 4.64. The van der Waals surface area contributed by atoms with Crippen molar-refractivity contribution in [1.29, 1.82) is 5.26 Å². The molecule has 1 atom stereocenters. The molecule has 0 amide bonds. The molecule has 1 saturated heterocycles. The van der Waals surface area contributed by atoms with E-state index in [0.717, 1.165) is 24.1 Å². The van der Waals surface area contributed by atoms with E-state index in [-0.39, 0.29) is 29.4 Å². The zero-order valence-electron chi connectivity index (χ0n) is 19.5. The quantitative estimate of drug-likeness (QED) is 0.357. The Bertz CT molecular complexity index is 1560. The minimum Gasteiger partial charge on any atom is -0.379 e. The average Bonchev–Trinajstić information content (AvgIpc) is 3.59. The number of pyridine rings is 1. The molecule has 2 fully saturated rings. The van der Waals surface area contributed by atoms with Gasteiger partial charge in [-0.25, -0.2) is 12.8 Å². The Labute approximate surface area is 218 Å². The highest BCUT2D eigenvalue weighted by Gasteiger charge is 2.34. The molecule has 3 aliphatic rings. The zero-order valence-corrected chi connectivity index (χ0v) is 21.1. The molecule has 2 aliphatic heterocycles. The van der Waals surface area contributed by atoms with E-state index in [1.807, 2.05) is 17.3 Å². The van der Waals surface area contributed by atoms with Crippen molar-refractivity contribution in [1.82, 2.24) is 21.0 Å². The van der Waals surface area contributed by atoms with Gasteiger partial charge in [-0.2, -0.15) is 5.26 Å². The second kappa shape index (κ2) is 9.06. The topological polar surface area (TPSA) is 122 Å². The molecule has 1 saturated carbocycles. The number of nitriles is 1. The smallest absolute Gasteiger partial charge is 0.154 e. The van der Waals surface area contributed by atoms with Gasteiger partial charge in [-0.3, -0.25) is 9.99 Å². The van der Waals surface area contributed by atoms with Crippen LogP contribution in [0.3, 0.4) is 0 Å². The molecule has 9 nitrogen and oxygen atoms in total. The summed E-state index contributed by atoms with van der Waals surface area (Å²) in [6.07, 6.45) is 5.66.